The molecule has 6 nitrogen and oxygen atoms in total. The molecule has 0 amide bonds. The minimum absolute atomic E-state index is 0.305. The first-order valence-electron chi connectivity index (χ1n) is 11.2. The van der Waals surface area contributed by atoms with Crippen LogP contribution in [0.4, 0.5) is 0 Å². The van der Waals surface area contributed by atoms with Gasteiger partial charge in [-0.25, -0.2) is 15.0 Å². The molecule has 1 fully saturated rings. The van der Waals surface area contributed by atoms with Crippen molar-refractivity contribution in [2.24, 2.45) is 0 Å². The maximum atomic E-state index is 6.25. The highest BCUT2D eigenvalue weighted by molar-refractivity contribution is 6.33. The van der Waals surface area contributed by atoms with E-state index in [0.29, 0.717) is 16.8 Å². The third kappa shape index (κ3) is 4.53. The van der Waals surface area contributed by atoms with E-state index < -0.39 is 0 Å². The molecule has 0 unspecified atom stereocenters. The molecular weight excluding hydrogens is 420 g/mol. The average Bonchev–Trinajstić information content (AvgIpc) is 3.26. The van der Waals surface area contributed by atoms with Crippen LogP contribution in [-0.2, 0) is 6.54 Å². The quantitative estimate of drug-likeness (QED) is 0.397. The summed E-state index contributed by atoms with van der Waals surface area (Å²) in [6.07, 6.45) is 4.31. The van der Waals surface area contributed by atoms with Crippen LogP contribution in [0.2, 0.25) is 5.15 Å². The summed E-state index contributed by atoms with van der Waals surface area (Å²) in [6.45, 7) is 6.18. The summed E-state index contributed by atoms with van der Waals surface area (Å²) in [5, 5.41) is 0.467. The Morgan fingerprint density at radius 1 is 0.781 bits per heavy atom. The van der Waals surface area contributed by atoms with Crippen LogP contribution in [0.3, 0.4) is 0 Å². The van der Waals surface area contributed by atoms with Gasteiger partial charge in [0.2, 0.25) is 0 Å². The molecule has 4 aromatic rings. The Labute approximate surface area is 193 Å². The molecule has 0 aliphatic carbocycles. The summed E-state index contributed by atoms with van der Waals surface area (Å²) in [5.74, 6) is 0. The highest BCUT2D eigenvalue weighted by Gasteiger charge is 2.26. The topological polar surface area (TPSA) is 50.1 Å². The number of aryl methyl sites for hydroxylation is 1. The van der Waals surface area contributed by atoms with Crippen molar-refractivity contribution >= 4 is 22.8 Å². The lowest BCUT2D eigenvalue weighted by atomic mass is 9.96. The van der Waals surface area contributed by atoms with Gasteiger partial charge in [-0.3, -0.25) is 4.90 Å². The summed E-state index contributed by atoms with van der Waals surface area (Å²) in [6, 6.07) is 22.0. The number of rotatable bonds is 7. The highest BCUT2D eigenvalue weighted by Crippen LogP contribution is 2.29. The number of hydrogen-bond acceptors (Lipinski definition) is 5. The maximum Gasteiger partial charge on any atom is 0.182 e. The zero-order chi connectivity index (χ0) is 21.8. The summed E-state index contributed by atoms with van der Waals surface area (Å²) in [5.41, 5.74) is 4.20. The van der Waals surface area contributed by atoms with E-state index in [1.54, 1.807) is 0 Å². The Bertz CT molecular complexity index is 1100. The Kier molecular flexibility index (Phi) is 6.44. The monoisotopic (exact) mass is 446 g/mol. The molecule has 1 saturated heterocycles. The number of halogens is 1. The third-order valence-corrected chi connectivity index (χ3v) is 6.52. The first-order valence-corrected chi connectivity index (χ1v) is 11.5. The predicted molar refractivity (Wildman–Crippen MR) is 128 cm³/mol. The molecule has 164 valence electrons. The number of aromatic nitrogens is 4. The van der Waals surface area contributed by atoms with Crippen LogP contribution >= 0.6 is 11.6 Å². The smallest absolute Gasteiger partial charge is 0.182 e. The van der Waals surface area contributed by atoms with Crippen molar-refractivity contribution in [1.82, 2.24) is 29.3 Å². The van der Waals surface area contributed by atoms with Gasteiger partial charge >= 0.3 is 0 Å². The van der Waals surface area contributed by atoms with Gasteiger partial charge in [-0.2, -0.15) is 0 Å². The molecule has 0 bridgehead atoms. The molecule has 1 aliphatic heterocycles. The van der Waals surface area contributed by atoms with Crippen molar-refractivity contribution in [1.29, 1.82) is 0 Å². The molecule has 0 saturated carbocycles. The molecule has 1 aliphatic rings. The fourth-order valence-corrected chi connectivity index (χ4v) is 4.87. The van der Waals surface area contributed by atoms with E-state index in [2.05, 4.69) is 90.0 Å². The largest absolute Gasteiger partial charge is 0.327 e. The second-order valence-corrected chi connectivity index (χ2v) is 8.59. The Hall–Kier alpha value is -2.80. The van der Waals surface area contributed by atoms with Gasteiger partial charge in [-0.1, -0.05) is 72.3 Å². The van der Waals surface area contributed by atoms with E-state index in [9.17, 15) is 0 Å². The second kappa shape index (κ2) is 9.77. The molecule has 0 radical (unpaired) electrons. The fourth-order valence-electron chi connectivity index (χ4n) is 4.64. The molecule has 5 rings (SSSR count). The number of piperazine rings is 1. The van der Waals surface area contributed by atoms with Crippen LogP contribution in [-0.4, -0.2) is 62.0 Å². The third-order valence-electron chi connectivity index (χ3n) is 6.24. The Balaban J connectivity index is 1.19. The van der Waals surface area contributed by atoms with Gasteiger partial charge in [-0.05, 0) is 24.1 Å². The minimum atomic E-state index is 0.305. The summed E-state index contributed by atoms with van der Waals surface area (Å²) >= 11 is 6.25. The van der Waals surface area contributed by atoms with Crippen LogP contribution in [0.25, 0.3) is 11.2 Å². The van der Waals surface area contributed by atoms with Gasteiger partial charge in [0.05, 0.1) is 12.4 Å². The van der Waals surface area contributed by atoms with Crippen LogP contribution in [0, 0.1) is 0 Å². The van der Waals surface area contributed by atoms with Crippen molar-refractivity contribution in [3.8, 4) is 0 Å². The van der Waals surface area contributed by atoms with Crippen LogP contribution in [0.1, 0.15) is 23.6 Å². The van der Waals surface area contributed by atoms with E-state index in [0.717, 1.165) is 51.2 Å². The maximum absolute atomic E-state index is 6.25. The first kappa shape index (κ1) is 21.1. The standard InChI is InChI=1S/C25H27ClN6/c26-24-23-25(28-18-27-24)29-19-32(23)13-7-12-30-14-16-31(17-15-30)22(20-8-3-1-4-9-20)21-10-5-2-6-11-21/h1-6,8-11,18-19,22H,7,12-17H2. The predicted octanol–water partition coefficient (Wildman–Crippen LogP) is 4.28. The average molecular weight is 447 g/mol. The van der Waals surface area contributed by atoms with Gasteiger partial charge in [0, 0.05) is 32.7 Å². The second-order valence-electron chi connectivity index (χ2n) is 8.23. The number of benzene rings is 2. The number of nitrogens with zero attached hydrogens (tertiary/aromatic N) is 6. The molecule has 2 aromatic heterocycles. The molecule has 3 heterocycles. The van der Waals surface area contributed by atoms with Crippen molar-refractivity contribution in [3.63, 3.8) is 0 Å². The minimum Gasteiger partial charge on any atom is -0.327 e. The summed E-state index contributed by atoms with van der Waals surface area (Å²) in [7, 11) is 0. The van der Waals surface area contributed by atoms with Gasteiger partial charge in [0.1, 0.15) is 11.8 Å². The molecule has 7 heteroatoms. The highest BCUT2D eigenvalue weighted by atomic mass is 35.5. The molecular formula is C25H27ClN6. The van der Waals surface area contributed by atoms with Crippen molar-refractivity contribution < 1.29 is 0 Å². The molecule has 32 heavy (non-hydrogen) atoms. The number of imidazole rings is 1. The van der Waals surface area contributed by atoms with Crippen molar-refractivity contribution in [2.75, 3.05) is 32.7 Å². The lowest BCUT2D eigenvalue weighted by Crippen LogP contribution is -2.48. The van der Waals surface area contributed by atoms with E-state index in [1.165, 1.54) is 17.5 Å². The first-order chi connectivity index (χ1) is 15.8. The lowest BCUT2D eigenvalue weighted by molar-refractivity contribution is 0.108. The van der Waals surface area contributed by atoms with E-state index in [4.69, 9.17) is 11.6 Å². The normalized spacial score (nSPS) is 15.6. The van der Waals surface area contributed by atoms with Crippen LogP contribution in [0.5, 0.6) is 0 Å². The Morgan fingerprint density at radius 3 is 2.09 bits per heavy atom. The zero-order valence-electron chi connectivity index (χ0n) is 18.0. The van der Waals surface area contributed by atoms with Crippen LogP contribution < -0.4 is 0 Å². The molecule has 0 spiro atoms. The number of fused-ring (bicyclic) bond motifs is 1. The lowest BCUT2D eigenvalue weighted by Gasteiger charge is -2.39. The molecule has 0 N–H and O–H groups in total. The fraction of sp³-hybridized carbons (Fsp3) is 0.320. The van der Waals surface area contributed by atoms with Crippen molar-refractivity contribution in [2.45, 2.75) is 19.0 Å². The van der Waals surface area contributed by atoms with Gasteiger partial charge in [-0.15, -0.1) is 0 Å². The van der Waals surface area contributed by atoms with Crippen LogP contribution in [0.15, 0.2) is 73.3 Å². The van der Waals surface area contributed by atoms with E-state index in [1.807, 2.05) is 6.33 Å². The van der Waals surface area contributed by atoms with E-state index >= 15 is 0 Å². The van der Waals surface area contributed by atoms with Gasteiger partial charge < -0.3 is 9.47 Å². The molecule has 2 aromatic carbocycles. The SMILES string of the molecule is Clc1ncnc2ncn(CCCN3CCN(C(c4ccccc4)c4ccccc4)CC3)c12. The Morgan fingerprint density at radius 2 is 1.44 bits per heavy atom. The number of hydrogen-bond donors (Lipinski definition) is 0. The summed E-state index contributed by atoms with van der Waals surface area (Å²) in [4.78, 5) is 17.8. The van der Waals surface area contributed by atoms with Gasteiger partial charge in [0.15, 0.2) is 10.8 Å². The van der Waals surface area contributed by atoms with Gasteiger partial charge in [0.25, 0.3) is 0 Å². The molecule has 0 atom stereocenters. The van der Waals surface area contributed by atoms with E-state index in [-0.39, 0.29) is 0 Å². The van der Waals surface area contributed by atoms with Crippen molar-refractivity contribution in [3.05, 3.63) is 89.6 Å². The zero-order valence-corrected chi connectivity index (χ0v) is 18.8. The summed E-state index contributed by atoms with van der Waals surface area (Å²) < 4.78 is 2.06.